The minimum Gasteiger partial charge on any atom is -0.359 e. The monoisotopic (exact) mass is 234 g/mol. The maximum Gasteiger partial charge on any atom is 0.221 e. The standard InChI is InChI=1S/C13H18N2O2/c1-10(16)15-12(9-13(17)14-2)8-11-6-4-3-5-7-11/h3-7,12H,8-9H2,1-2H3,(H,14,17)(H,15,16)/t12-/m0/s1. The van der Waals surface area contributed by atoms with Gasteiger partial charge in [-0.15, -0.1) is 0 Å². The molecule has 0 aliphatic rings. The molecule has 0 fully saturated rings. The molecule has 0 saturated heterocycles. The number of hydrogen-bond acceptors (Lipinski definition) is 2. The molecule has 2 amide bonds. The molecule has 0 saturated carbocycles. The molecule has 2 N–H and O–H groups in total. The van der Waals surface area contributed by atoms with E-state index in [1.807, 2.05) is 30.3 Å². The summed E-state index contributed by atoms with van der Waals surface area (Å²) in [5, 5.41) is 5.36. The Bertz CT molecular complexity index is 376. The van der Waals surface area contributed by atoms with Crippen LogP contribution in [0.1, 0.15) is 18.9 Å². The van der Waals surface area contributed by atoms with Crippen LogP contribution in [0.5, 0.6) is 0 Å². The van der Waals surface area contributed by atoms with E-state index in [2.05, 4.69) is 10.6 Å². The Morgan fingerprint density at radius 1 is 1.24 bits per heavy atom. The number of hydrogen-bond donors (Lipinski definition) is 2. The van der Waals surface area contributed by atoms with Gasteiger partial charge in [0.15, 0.2) is 0 Å². The quantitative estimate of drug-likeness (QED) is 0.794. The molecule has 0 aliphatic carbocycles. The average Bonchev–Trinajstić information content (AvgIpc) is 2.29. The summed E-state index contributed by atoms with van der Waals surface area (Å²) in [6, 6.07) is 9.64. The largest absolute Gasteiger partial charge is 0.359 e. The third-order valence-electron chi connectivity index (χ3n) is 2.44. The van der Waals surface area contributed by atoms with Crippen LogP contribution in [0.2, 0.25) is 0 Å². The zero-order valence-electron chi connectivity index (χ0n) is 10.2. The summed E-state index contributed by atoms with van der Waals surface area (Å²) >= 11 is 0. The van der Waals surface area contributed by atoms with Crippen molar-refractivity contribution in [2.24, 2.45) is 0 Å². The Hall–Kier alpha value is -1.84. The van der Waals surface area contributed by atoms with E-state index < -0.39 is 0 Å². The molecule has 0 bridgehead atoms. The molecule has 0 aromatic heterocycles. The summed E-state index contributed by atoms with van der Waals surface area (Å²) in [6.07, 6.45) is 0.957. The minimum absolute atomic E-state index is 0.0697. The van der Waals surface area contributed by atoms with Gasteiger partial charge >= 0.3 is 0 Å². The number of nitrogens with one attached hydrogen (secondary N) is 2. The summed E-state index contributed by atoms with van der Waals surface area (Å²) in [7, 11) is 1.59. The predicted octanol–water partition coefficient (Wildman–Crippen LogP) is 0.870. The summed E-state index contributed by atoms with van der Waals surface area (Å²) < 4.78 is 0. The zero-order valence-corrected chi connectivity index (χ0v) is 10.2. The van der Waals surface area contributed by atoms with Crippen molar-refractivity contribution < 1.29 is 9.59 Å². The first-order chi connectivity index (χ1) is 8.11. The van der Waals surface area contributed by atoms with Crippen LogP contribution in [0.3, 0.4) is 0 Å². The molecule has 1 aromatic rings. The molecule has 17 heavy (non-hydrogen) atoms. The van der Waals surface area contributed by atoms with Gasteiger partial charge in [-0.1, -0.05) is 30.3 Å². The van der Waals surface area contributed by atoms with E-state index in [1.54, 1.807) is 7.05 Å². The van der Waals surface area contributed by atoms with Gasteiger partial charge in [0, 0.05) is 26.4 Å². The Labute approximate surface area is 101 Å². The van der Waals surface area contributed by atoms with Crippen LogP contribution in [-0.4, -0.2) is 24.9 Å². The molecular formula is C13H18N2O2. The SMILES string of the molecule is CNC(=O)C[C@H](Cc1ccccc1)NC(C)=O. The smallest absolute Gasteiger partial charge is 0.221 e. The number of carbonyl (C=O) groups excluding carboxylic acids is 2. The third kappa shape index (κ3) is 5.15. The molecule has 1 aromatic carbocycles. The first-order valence-electron chi connectivity index (χ1n) is 5.63. The minimum atomic E-state index is -0.158. The van der Waals surface area contributed by atoms with Crippen LogP contribution < -0.4 is 10.6 Å². The molecule has 0 aliphatic heterocycles. The van der Waals surface area contributed by atoms with Gasteiger partial charge in [0.25, 0.3) is 0 Å². The lowest BCUT2D eigenvalue weighted by atomic mass is 10.0. The molecule has 4 nitrogen and oxygen atoms in total. The lowest BCUT2D eigenvalue weighted by Crippen LogP contribution is -2.38. The van der Waals surface area contributed by atoms with Gasteiger partial charge in [-0.2, -0.15) is 0 Å². The topological polar surface area (TPSA) is 58.2 Å². The first kappa shape index (κ1) is 13.2. The van der Waals surface area contributed by atoms with E-state index in [9.17, 15) is 9.59 Å². The van der Waals surface area contributed by atoms with Crippen LogP contribution in [0.25, 0.3) is 0 Å². The summed E-state index contributed by atoms with van der Waals surface area (Å²) in [5.41, 5.74) is 1.11. The molecular weight excluding hydrogens is 216 g/mol. The van der Waals surface area contributed by atoms with E-state index in [0.29, 0.717) is 12.8 Å². The zero-order chi connectivity index (χ0) is 12.7. The van der Waals surface area contributed by atoms with Gasteiger partial charge < -0.3 is 10.6 Å². The average molecular weight is 234 g/mol. The maximum atomic E-state index is 11.3. The van der Waals surface area contributed by atoms with Gasteiger partial charge in [0.1, 0.15) is 0 Å². The highest BCUT2D eigenvalue weighted by molar-refractivity contribution is 5.78. The van der Waals surface area contributed by atoms with Crippen molar-refractivity contribution in [3.8, 4) is 0 Å². The van der Waals surface area contributed by atoms with Crippen molar-refractivity contribution in [1.29, 1.82) is 0 Å². The van der Waals surface area contributed by atoms with E-state index in [4.69, 9.17) is 0 Å². The van der Waals surface area contributed by atoms with Gasteiger partial charge in [0.05, 0.1) is 0 Å². The predicted molar refractivity (Wildman–Crippen MR) is 66.4 cm³/mol. The molecule has 1 atom stereocenters. The molecule has 0 spiro atoms. The molecule has 4 heteroatoms. The van der Waals surface area contributed by atoms with E-state index in [-0.39, 0.29) is 17.9 Å². The van der Waals surface area contributed by atoms with Crippen molar-refractivity contribution in [3.05, 3.63) is 35.9 Å². The third-order valence-corrected chi connectivity index (χ3v) is 2.44. The molecule has 92 valence electrons. The molecule has 0 unspecified atom stereocenters. The summed E-state index contributed by atoms with van der Waals surface area (Å²) in [6.45, 7) is 1.46. The fourth-order valence-electron chi connectivity index (χ4n) is 1.69. The van der Waals surface area contributed by atoms with Gasteiger partial charge in [0.2, 0.25) is 11.8 Å². The summed E-state index contributed by atoms with van der Waals surface area (Å²) in [5.74, 6) is -0.186. The molecule has 0 radical (unpaired) electrons. The van der Waals surface area contributed by atoms with Gasteiger partial charge in [-0.05, 0) is 12.0 Å². The van der Waals surface area contributed by atoms with E-state index in [1.165, 1.54) is 6.92 Å². The first-order valence-corrected chi connectivity index (χ1v) is 5.63. The molecule has 1 rings (SSSR count). The molecule has 0 heterocycles. The Morgan fingerprint density at radius 2 is 1.88 bits per heavy atom. The van der Waals surface area contributed by atoms with Crippen molar-refractivity contribution >= 4 is 11.8 Å². The van der Waals surface area contributed by atoms with E-state index >= 15 is 0 Å². The highest BCUT2D eigenvalue weighted by atomic mass is 16.2. The number of rotatable bonds is 5. The highest BCUT2D eigenvalue weighted by Crippen LogP contribution is 2.05. The number of amides is 2. The maximum absolute atomic E-state index is 11.3. The van der Waals surface area contributed by atoms with Crippen LogP contribution in [0.15, 0.2) is 30.3 Å². The lowest BCUT2D eigenvalue weighted by molar-refractivity contribution is -0.122. The Balaban J connectivity index is 2.63. The Morgan fingerprint density at radius 3 is 2.41 bits per heavy atom. The van der Waals surface area contributed by atoms with Crippen molar-refractivity contribution in [2.75, 3.05) is 7.05 Å². The van der Waals surface area contributed by atoms with Crippen LogP contribution in [0.4, 0.5) is 0 Å². The number of benzene rings is 1. The lowest BCUT2D eigenvalue weighted by Gasteiger charge is -2.17. The fraction of sp³-hybridized carbons (Fsp3) is 0.385. The van der Waals surface area contributed by atoms with E-state index in [0.717, 1.165) is 5.56 Å². The van der Waals surface area contributed by atoms with Gasteiger partial charge in [-0.3, -0.25) is 9.59 Å². The van der Waals surface area contributed by atoms with Crippen molar-refractivity contribution in [3.63, 3.8) is 0 Å². The van der Waals surface area contributed by atoms with Crippen molar-refractivity contribution in [1.82, 2.24) is 10.6 Å². The second-order valence-electron chi connectivity index (χ2n) is 3.96. The van der Waals surface area contributed by atoms with Crippen LogP contribution in [0, 0.1) is 0 Å². The van der Waals surface area contributed by atoms with Crippen LogP contribution >= 0.6 is 0 Å². The normalized spacial score (nSPS) is 11.6. The van der Waals surface area contributed by atoms with Crippen molar-refractivity contribution in [2.45, 2.75) is 25.8 Å². The highest BCUT2D eigenvalue weighted by Gasteiger charge is 2.14. The summed E-state index contributed by atoms with van der Waals surface area (Å²) in [4.78, 5) is 22.4. The van der Waals surface area contributed by atoms with Gasteiger partial charge in [-0.25, -0.2) is 0 Å². The number of carbonyl (C=O) groups is 2. The fourth-order valence-corrected chi connectivity index (χ4v) is 1.69. The second kappa shape index (κ2) is 6.68. The second-order valence-corrected chi connectivity index (χ2v) is 3.96. The Kier molecular flexibility index (Phi) is 5.20. The van der Waals surface area contributed by atoms with Crippen LogP contribution in [-0.2, 0) is 16.0 Å².